The van der Waals surface area contributed by atoms with Crippen LogP contribution < -0.4 is 15.8 Å². The molecule has 2 aliphatic heterocycles. The lowest BCUT2D eigenvalue weighted by Crippen LogP contribution is -2.43. The molecule has 1 fully saturated rings. The third kappa shape index (κ3) is 4.64. The molecule has 1 unspecified atom stereocenters. The van der Waals surface area contributed by atoms with Gasteiger partial charge in [-0.1, -0.05) is 41.7 Å². The van der Waals surface area contributed by atoms with Crippen molar-refractivity contribution in [1.29, 1.82) is 0 Å². The van der Waals surface area contributed by atoms with Crippen molar-refractivity contribution in [2.45, 2.75) is 44.7 Å². The van der Waals surface area contributed by atoms with Crippen LogP contribution in [0.5, 0.6) is 0 Å². The zero-order chi connectivity index (χ0) is 23.9. The van der Waals surface area contributed by atoms with Gasteiger partial charge >= 0.3 is 6.18 Å². The number of thiazole rings is 1. The van der Waals surface area contributed by atoms with Crippen molar-refractivity contribution >= 4 is 32.7 Å². The van der Waals surface area contributed by atoms with Crippen molar-refractivity contribution in [3.8, 4) is 0 Å². The van der Waals surface area contributed by atoms with Crippen LogP contribution in [0.4, 0.5) is 18.3 Å². The molecule has 3 aromatic rings. The zero-order valence-electron chi connectivity index (χ0n) is 18.2. The van der Waals surface area contributed by atoms with Gasteiger partial charge in [-0.3, -0.25) is 19.1 Å². The largest absolute Gasteiger partial charge is 0.401 e. The van der Waals surface area contributed by atoms with E-state index in [-0.39, 0.29) is 36.6 Å². The van der Waals surface area contributed by atoms with Crippen LogP contribution >= 0.6 is 11.3 Å². The van der Waals surface area contributed by atoms with Gasteiger partial charge in [0, 0.05) is 26.2 Å². The smallest absolute Gasteiger partial charge is 0.350 e. The first-order valence-electron chi connectivity index (χ1n) is 11.1. The predicted molar refractivity (Wildman–Crippen MR) is 122 cm³/mol. The van der Waals surface area contributed by atoms with Crippen LogP contribution in [-0.4, -0.2) is 57.2 Å². The maximum Gasteiger partial charge on any atom is 0.401 e. The number of fused-ring (bicyclic) bond motifs is 2. The van der Waals surface area contributed by atoms with Crippen LogP contribution in [0.25, 0.3) is 10.3 Å². The van der Waals surface area contributed by atoms with Crippen LogP contribution in [-0.2, 0) is 24.4 Å². The van der Waals surface area contributed by atoms with Gasteiger partial charge in [-0.2, -0.15) is 13.2 Å². The average Bonchev–Trinajstić information content (AvgIpc) is 3.44. The van der Waals surface area contributed by atoms with E-state index in [2.05, 4.69) is 15.3 Å². The van der Waals surface area contributed by atoms with E-state index in [1.165, 1.54) is 20.8 Å². The van der Waals surface area contributed by atoms with E-state index >= 15 is 0 Å². The van der Waals surface area contributed by atoms with E-state index in [1.54, 1.807) is 0 Å². The fraction of sp³-hybridized carbons (Fsp3) is 0.455. The number of rotatable bonds is 5. The molecule has 180 valence electrons. The average molecular weight is 493 g/mol. The highest BCUT2D eigenvalue weighted by Crippen LogP contribution is 2.32. The molecule has 1 amide bonds. The molecule has 1 N–H and O–H groups in total. The Hall–Kier alpha value is -2.99. The minimum absolute atomic E-state index is 0.0494. The molecular weight excluding hydrogens is 469 g/mol. The number of nitrogens with zero attached hydrogens (tertiary/aromatic N) is 5. The molecule has 0 aliphatic carbocycles. The van der Waals surface area contributed by atoms with Crippen LogP contribution in [0.3, 0.4) is 0 Å². The van der Waals surface area contributed by atoms with Gasteiger partial charge < -0.3 is 10.2 Å². The van der Waals surface area contributed by atoms with Gasteiger partial charge in [0.25, 0.3) is 5.56 Å². The SMILES string of the molecule is O=C(NCc1ccccc1)C1CCCN1c1nc2c(=O)n3c(nc2s1)CN(CC(F)(F)F)CC3. The minimum Gasteiger partial charge on any atom is -0.350 e. The van der Waals surface area contributed by atoms with E-state index in [0.29, 0.717) is 35.3 Å². The number of carbonyl (C=O) groups excluding carboxylic acids is 1. The lowest BCUT2D eigenvalue weighted by molar-refractivity contribution is -0.149. The predicted octanol–water partition coefficient (Wildman–Crippen LogP) is 2.52. The Morgan fingerprint density at radius 3 is 2.71 bits per heavy atom. The van der Waals surface area contributed by atoms with Crippen LogP contribution in [0.1, 0.15) is 24.2 Å². The van der Waals surface area contributed by atoms with Crippen molar-refractivity contribution < 1.29 is 18.0 Å². The van der Waals surface area contributed by atoms with Crippen molar-refractivity contribution in [3.05, 3.63) is 52.1 Å². The highest BCUT2D eigenvalue weighted by molar-refractivity contribution is 7.21. The first-order chi connectivity index (χ1) is 16.3. The van der Waals surface area contributed by atoms with Gasteiger partial charge in [-0.05, 0) is 18.4 Å². The van der Waals surface area contributed by atoms with Crippen molar-refractivity contribution in [2.24, 2.45) is 0 Å². The fourth-order valence-corrected chi connectivity index (χ4v) is 5.52. The molecule has 2 aliphatic rings. The highest BCUT2D eigenvalue weighted by Gasteiger charge is 2.35. The normalized spacial score (nSPS) is 18.9. The van der Waals surface area contributed by atoms with E-state index in [4.69, 9.17) is 0 Å². The van der Waals surface area contributed by atoms with Gasteiger partial charge in [0.1, 0.15) is 11.9 Å². The number of benzene rings is 1. The van der Waals surface area contributed by atoms with Crippen LogP contribution in [0.2, 0.25) is 0 Å². The van der Waals surface area contributed by atoms with Crippen LogP contribution in [0, 0.1) is 0 Å². The maximum atomic E-state index is 13.0. The van der Waals surface area contributed by atoms with Gasteiger partial charge in [0.05, 0.1) is 13.1 Å². The number of amides is 1. The first kappa shape index (κ1) is 22.8. The second-order valence-electron chi connectivity index (χ2n) is 8.52. The summed E-state index contributed by atoms with van der Waals surface area (Å²) in [4.78, 5) is 38.4. The molecular formula is C22H23F3N6O2S. The fourth-order valence-electron chi connectivity index (χ4n) is 4.49. The Labute approximate surface area is 197 Å². The molecule has 12 heteroatoms. The van der Waals surface area contributed by atoms with Gasteiger partial charge in [0.2, 0.25) is 5.91 Å². The van der Waals surface area contributed by atoms with E-state index in [0.717, 1.165) is 12.0 Å². The van der Waals surface area contributed by atoms with Gasteiger partial charge in [-0.15, -0.1) is 0 Å². The van der Waals surface area contributed by atoms with Gasteiger partial charge in [-0.25, -0.2) is 9.97 Å². The number of carbonyl (C=O) groups is 1. The summed E-state index contributed by atoms with van der Waals surface area (Å²) in [6.45, 7) is 0.215. The Balaban J connectivity index is 1.36. The lowest BCUT2D eigenvalue weighted by Gasteiger charge is -2.29. The van der Waals surface area contributed by atoms with E-state index in [9.17, 15) is 22.8 Å². The summed E-state index contributed by atoms with van der Waals surface area (Å²) in [6.07, 6.45) is -2.82. The number of hydrogen-bond donors (Lipinski definition) is 1. The second kappa shape index (κ2) is 8.99. The number of anilines is 1. The maximum absolute atomic E-state index is 13.0. The standard InChI is InChI=1S/C22H23F3N6O2S/c23-22(24,25)13-29-9-10-31-16(12-29)27-19-17(20(31)33)28-21(34-19)30-8-4-7-15(30)18(32)26-11-14-5-2-1-3-6-14/h1-3,5-6,15H,4,7-13H2,(H,26,32). The molecule has 8 nitrogen and oxygen atoms in total. The Morgan fingerprint density at radius 1 is 1.15 bits per heavy atom. The van der Waals surface area contributed by atoms with E-state index in [1.807, 2.05) is 35.2 Å². The monoisotopic (exact) mass is 492 g/mol. The molecule has 0 bridgehead atoms. The Kier molecular flexibility index (Phi) is 6.02. The minimum atomic E-state index is -4.31. The first-order valence-corrected chi connectivity index (χ1v) is 11.9. The lowest BCUT2D eigenvalue weighted by atomic mass is 10.2. The summed E-state index contributed by atoms with van der Waals surface area (Å²) >= 11 is 1.20. The Bertz CT molecular complexity index is 1260. The number of halogens is 3. The summed E-state index contributed by atoms with van der Waals surface area (Å²) in [5.41, 5.74) is 0.851. The summed E-state index contributed by atoms with van der Waals surface area (Å²) in [6, 6.07) is 9.23. The summed E-state index contributed by atoms with van der Waals surface area (Å²) in [7, 11) is 0. The molecule has 4 heterocycles. The molecule has 2 aromatic heterocycles. The number of nitrogens with one attached hydrogen (secondary N) is 1. The molecule has 5 rings (SSSR count). The Morgan fingerprint density at radius 2 is 1.94 bits per heavy atom. The molecule has 1 saturated heterocycles. The second-order valence-corrected chi connectivity index (χ2v) is 9.47. The molecule has 0 spiro atoms. The third-order valence-electron chi connectivity index (χ3n) is 6.11. The van der Waals surface area contributed by atoms with Gasteiger partial charge in [0.15, 0.2) is 15.5 Å². The molecule has 34 heavy (non-hydrogen) atoms. The third-order valence-corrected chi connectivity index (χ3v) is 7.09. The van der Waals surface area contributed by atoms with Crippen molar-refractivity contribution in [1.82, 2.24) is 24.8 Å². The molecule has 0 radical (unpaired) electrons. The quantitative estimate of drug-likeness (QED) is 0.590. The zero-order valence-corrected chi connectivity index (χ0v) is 19.0. The molecule has 1 aromatic carbocycles. The van der Waals surface area contributed by atoms with Crippen molar-refractivity contribution in [3.63, 3.8) is 0 Å². The summed E-state index contributed by atoms with van der Waals surface area (Å²) < 4.78 is 39.8. The highest BCUT2D eigenvalue weighted by atomic mass is 32.1. The number of alkyl halides is 3. The van der Waals surface area contributed by atoms with Crippen LogP contribution in [0.15, 0.2) is 35.1 Å². The number of hydrogen-bond acceptors (Lipinski definition) is 7. The topological polar surface area (TPSA) is 83.4 Å². The van der Waals surface area contributed by atoms with E-state index < -0.39 is 18.8 Å². The summed E-state index contributed by atoms with van der Waals surface area (Å²) in [5, 5.41) is 3.51. The number of aromatic nitrogens is 3. The summed E-state index contributed by atoms with van der Waals surface area (Å²) in [5.74, 6) is 0.203. The molecule has 0 saturated carbocycles. The molecule has 1 atom stereocenters. The van der Waals surface area contributed by atoms with Crippen molar-refractivity contribution in [2.75, 3.05) is 24.5 Å².